The van der Waals surface area contributed by atoms with Gasteiger partial charge in [0.2, 0.25) is 0 Å². The molecule has 0 fully saturated rings. The minimum atomic E-state index is 1.38. The first-order chi connectivity index (χ1) is 2.91. The molecule has 34 valence electrons. The van der Waals surface area contributed by atoms with E-state index in [9.17, 15) is 0 Å². The summed E-state index contributed by atoms with van der Waals surface area (Å²) >= 11 is 1.46. The zero-order chi connectivity index (χ0) is 4.83. The molecule has 0 heterocycles. The maximum absolute atomic E-state index is 2.25. The van der Waals surface area contributed by atoms with Gasteiger partial charge in [-0.05, 0) is 0 Å². The van der Waals surface area contributed by atoms with Crippen molar-refractivity contribution in [2.24, 2.45) is 0 Å². The van der Waals surface area contributed by atoms with Crippen LogP contribution >= 0.6 is 0 Å². The normalized spacial score (nSPS) is 8.67. The Balaban J connectivity index is 2.34. The van der Waals surface area contributed by atoms with Gasteiger partial charge in [-0.25, -0.2) is 0 Å². The molecular formula is C5H11Y. The van der Waals surface area contributed by atoms with E-state index >= 15 is 0 Å². The summed E-state index contributed by atoms with van der Waals surface area (Å²) in [6, 6.07) is 0. The SMILES string of the molecule is CCCC[CH2][Y]. The second-order valence-electron chi connectivity index (χ2n) is 1.50. The van der Waals surface area contributed by atoms with Crippen molar-refractivity contribution >= 4 is 0 Å². The third-order valence-electron chi connectivity index (χ3n) is 0.808. The summed E-state index contributed by atoms with van der Waals surface area (Å²) in [7, 11) is 0. The summed E-state index contributed by atoms with van der Waals surface area (Å²) in [6.45, 7) is 2.25. The van der Waals surface area contributed by atoms with Gasteiger partial charge in [-0.2, -0.15) is 0 Å². The van der Waals surface area contributed by atoms with Crippen LogP contribution in [0.15, 0.2) is 0 Å². The Labute approximate surface area is 60.1 Å². The Morgan fingerprint density at radius 2 is 2.00 bits per heavy atom. The van der Waals surface area contributed by atoms with Gasteiger partial charge in [0.05, 0.1) is 0 Å². The summed E-state index contributed by atoms with van der Waals surface area (Å²) in [5.41, 5.74) is 0. The maximum atomic E-state index is 2.25. The average molecular weight is 160 g/mol. The standard InChI is InChI=1S/C5H11.Y/c1-3-5-4-2;/h1,3-5H2,2H3;. The molecule has 6 heavy (non-hydrogen) atoms. The van der Waals surface area contributed by atoms with Gasteiger partial charge in [0.15, 0.2) is 0 Å². The van der Waals surface area contributed by atoms with Gasteiger partial charge in [-0.3, -0.25) is 0 Å². The van der Waals surface area contributed by atoms with Crippen molar-refractivity contribution in [3.63, 3.8) is 0 Å². The van der Waals surface area contributed by atoms with Gasteiger partial charge in [0.1, 0.15) is 0 Å². The zero-order valence-electron chi connectivity index (χ0n) is 4.41. The van der Waals surface area contributed by atoms with Crippen LogP contribution in [0.2, 0.25) is 3.23 Å². The van der Waals surface area contributed by atoms with Crippen LogP contribution in [0, 0.1) is 0 Å². The van der Waals surface area contributed by atoms with E-state index in [-0.39, 0.29) is 0 Å². The van der Waals surface area contributed by atoms with Crippen LogP contribution in [0.3, 0.4) is 0 Å². The van der Waals surface area contributed by atoms with E-state index < -0.39 is 0 Å². The molecule has 0 unspecified atom stereocenters. The fourth-order valence-corrected chi connectivity index (χ4v) is 1.10. The molecule has 0 aromatic carbocycles. The number of rotatable bonds is 3. The molecule has 0 rings (SSSR count). The quantitative estimate of drug-likeness (QED) is 0.555. The van der Waals surface area contributed by atoms with Crippen molar-refractivity contribution in [3.8, 4) is 0 Å². The molecule has 0 atom stereocenters. The van der Waals surface area contributed by atoms with Crippen molar-refractivity contribution in [3.05, 3.63) is 0 Å². The van der Waals surface area contributed by atoms with Crippen LogP contribution < -0.4 is 0 Å². The molecular weight excluding hydrogens is 149 g/mol. The summed E-state index contributed by atoms with van der Waals surface area (Å²) in [6.07, 6.45) is 4.29. The fraction of sp³-hybridized carbons (Fsp3) is 1.00. The predicted octanol–water partition coefficient (Wildman–Crippen LogP) is 2.14. The molecule has 0 saturated carbocycles. The Kier molecular flexibility index (Phi) is 7.23. The van der Waals surface area contributed by atoms with E-state index in [2.05, 4.69) is 6.92 Å². The minimum absolute atomic E-state index is 1.38. The van der Waals surface area contributed by atoms with Crippen molar-refractivity contribution < 1.29 is 31.0 Å². The first-order valence-corrected chi connectivity index (χ1v) is 4.62. The molecule has 0 amide bonds. The van der Waals surface area contributed by atoms with Crippen LogP contribution in [0.4, 0.5) is 0 Å². The van der Waals surface area contributed by atoms with E-state index in [0.29, 0.717) is 0 Å². The van der Waals surface area contributed by atoms with Crippen molar-refractivity contribution in [1.29, 1.82) is 0 Å². The topological polar surface area (TPSA) is 0 Å². The Morgan fingerprint density at radius 1 is 1.33 bits per heavy atom. The van der Waals surface area contributed by atoms with E-state index in [1.165, 1.54) is 53.4 Å². The van der Waals surface area contributed by atoms with Gasteiger partial charge < -0.3 is 0 Å². The second kappa shape index (κ2) is 6.10. The Bertz CT molecular complexity index is 15.9. The van der Waals surface area contributed by atoms with E-state index in [1.807, 2.05) is 0 Å². The molecule has 0 aliphatic heterocycles. The zero-order valence-corrected chi connectivity index (χ0v) is 7.24. The average Bonchev–Trinajstić information content (AvgIpc) is 1.61. The monoisotopic (exact) mass is 160 g/mol. The molecule has 0 saturated heterocycles. The molecule has 0 aromatic heterocycles. The van der Waals surface area contributed by atoms with Crippen molar-refractivity contribution in [2.75, 3.05) is 0 Å². The molecule has 0 aliphatic rings. The van der Waals surface area contributed by atoms with E-state index in [0.717, 1.165) is 0 Å². The predicted molar refractivity (Wildman–Crippen MR) is 24.3 cm³/mol. The summed E-state index contributed by atoms with van der Waals surface area (Å²) < 4.78 is 1.48. The van der Waals surface area contributed by atoms with Gasteiger partial charge in [-0.15, -0.1) is 0 Å². The fourth-order valence-electron chi connectivity index (χ4n) is 0.394. The van der Waals surface area contributed by atoms with Gasteiger partial charge in [0, 0.05) is 0 Å². The third-order valence-corrected chi connectivity index (χ3v) is 1.81. The van der Waals surface area contributed by atoms with E-state index in [1.54, 1.807) is 0 Å². The van der Waals surface area contributed by atoms with Crippen molar-refractivity contribution in [1.82, 2.24) is 0 Å². The number of unbranched alkanes of at least 4 members (excludes halogenated alkanes) is 2. The van der Waals surface area contributed by atoms with E-state index in [4.69, 9.17) is 0 Å². The summed E-state index contributed by atoms with van der Waals surface area (Å²) in [5.74, 6) is 0. The number of hydrogen-bond donors (Lipinski definition) is 0. The third kappa shape index (κ3) is 5.10. The van der Waals surface area contributed by atoms with Gasteiger partial charge in [0.25, 0.3) is 0 Å². The molecule has 0 spiro atoms. The molecule has 0 nitrogen and oxygen atoms in total. The Morgan fingerprint density at radius 3 is 2.17 bits per heavy atom. The van der Waals surface area contributed by atoms with Crippen LogP contribution in [-0.2, 0) is 31.0 Å². The summed E-state index contributed by atoms with van der Waals surface area (Å²) in [5, 5.41) is 0. The first-order valence-electron chi connectivity index (χ1n) is 2.62. The molecule has 0 aromatic rings. The Hall–Kier alpha value is 1.10. The molecule has 0 N–H and O–H groups in total. The van der Waals surface area contributed by atoms with Gasteiger partial charge in [-0.1, -0.05) is 0 Å². The molecule has 0 bridgehead atoms. The van der Waals surface area contributed by atoms with Crippen molar-refractivity contribution in [2.45, 2.75) is 29.4 Å². The van der Waals surface area contributed by atoms with Crippen LogP contribution in [0.25, 0.3) is 0 Å². The van der Waals surface area contributed by atoms with Crippen LogP contribution in [0.1, 0.15) is 26.2 Å². The molecule has 0 radical (unpaired) electrons. The summed E-state index contributed by atoms with van der Waals surface area (Å²) in [4.78, 5) is 0. The number of hydrogen-bond acceptors (Lipinski definition) is 0. The second-order valence-corrected chi connectivity index (χ2v) is 2.91. The van der Waals surface area contributed by atoms with Gasteiger partial charge >= 0.3 is 60.4 Å². The first kappa shape index (κ1) is 7.10. The van der Waals surface area contributed by atoms with Crippen LogP contribution in [-0.4, -0.2) is 0 Å². The molecule has 0 aliphatic carbocycles. The molecule has 1 heteroatoms. The van der Waals surface area contributed by atoms with Crippen LogP contribution in [0.5, 0.6) is 0 Å².